The number of halogens is 2. The number of nitrogens with zero attached hydrogens (tertiary/aromatic N) is 2. The summed E-state index contributed by atoms with van der Waals surface area (Å²) in [5.41, 5.74) is 0. The van der Waals surface area contributed by atoms with Gasteiger partial charge in [-0.1, -0.05) is 23.7 Å². The van der Waals surface area contributed by atoms with Gasteiger partial charge in [0, 0.05) is 0 Å². The SMILES string of the molecule is CP(C)Oc1ccccc1Oc1nc(Cl)ncc1Cl. The molecule has 1 aromatic carbocycles. The maximum Gasteiger partial charge on any atom is 0.242 e. The molecule has 100 valence electrons. The molecule has 0 fully saturated rings. The largest absolute Gasteiger partial charge is 0.471 e. The number of benzene rings is 1. The van der Waals surface area contributed by atoms with Crippen LogP contribution >= 0.6 is 31.4 Å². The van der Waals surface area contributed by atoms with Crippen LogP contribution in [0.3, 0.4) is 0 Å². The average molecular weight is 317 g/mol. The van der Waals surface area contributed by atoms with E-state index in [1.807, 2.05) is 31.5 Å². The first-order chi connectivity index (χ1) is 9.06. The van der Waals surface area contributed by atoms with Gasteiger partial charge in [0.1, 0.15) is 5.02 Å². The summed E-state index contributed by atoms with van der Waals surface area (Å²) < 4.78 is 11.3. The zero-order valence-electron chi connectivity index (χ0n) is 10.3. The first-order valence-electron chi connectivity index (χ1n) is 5.36. The number of para-hydroxylation sites is 2. The fourth-order valence-corrected chi connectivity index (χ4v) is 2.11. The van der Waals surface area contributed by atoms with Crippen molar-refractivity contribution in [2.45, 2.75) is 0 Å². The molecule has 0 aliphatic carbocycles. The second kappa shape index (κ2) is 6.38. The van der Waals surface area contributed by atoms with E-state index in [4.69, 9.17) is 32.5 Å². The maximum atomic E-state index is 5.96. The zero-order chi connectivity index (χ0) is 13.8. The van der Waals surface area contributed by atoms with Gasteiger partial charge in [-0.05, 0) is 37.1 Å². The monoisotopic (exact) mass is 316 g/mol. The first kappa shape index (κ1) is 14.3. The molecule has 1 aromatic heterocycles. The minimum Gasteiger partial charge on any atom is -0.471 e. The lowest BCUT2D eigenvalue weighted by Gasteiger charge is -2.14. The quantitative estimate of drug-likeness (QED) is 0.610. The van der Waals surface area contributed by atoms with Crippen LogP contribution in [-0.4, -0.2) is 23.3 Å². The summed E-state index contributed by atoms with van der Waals surface area (Å²) in [5, 5.41) is 0.362. The summed E-state index contributed by atoms with van der Waals surface area (Å²) >= 11 is 11.7. The van der Waals surface area contributed by atoms with Crippen molar-refractivity contribution < 1.29 is 9.26 Å². The van der Waals surface area contributed by atoms with Gasteiger partial charge in [0.05, 0.1) is 14.3 Å². The van der Waals surface area contributed by atoms with E-state index in [1.54, 1.807) is 6.07 Å². The van der Waals surface area contributed by atoms with Crippen LogP contribution in [0.1, 0.15) is 0 Å². The fraction of sp³-hybridized carbons (Fsp3) is 0.167. The van der Waals surface area contributed by atoms with Gasteiger partial charge >= 0.3 is 0 Å². The molecule has 0 aliphatic heterocycles. The van der Waals surface area contributed by atoms with Crippen molar-refractivity contribution in [3.8, 4) is 17.4 Å². The summed E-state index contributed by atoms with van der Waals surface area (Å²) in [7, 11) is -0.553. The molecule has 0 bridgehead atoms. The summed E-state index contributed by atoms with van der Waals surface area (Å²) in [4.78, 5) is 7.70. The maximum absolute atomic E-state index is 5.96. The minimum absolute atomic E-state index is 0.0750. The standard InChI is InChI=1S/C12H11Cl2N2O2P/c1-19(2)18-10-6-4-3-5-9(10)17-11-8(13)7-15-12(14)16-11/h3-7H,1-2H3. The van der Waals surface area contributed by atoms with Crippen LogP contribution in [0.15, 0.2) is 30.5 Å². The Bertz CT molecular complexity index is 581. The van der Waals surface area contributed by atoms with Gasteiger partial charge in [-0.3, -0.25) is 0 Å². The summed E-state index contributed by atoms with van der Waals surface area (Å²) in [6.45, 7) is 4.00. The molecular weight excluding hydrogens is 306 g/mol. The molecule has 2 rings (SSSR count). The van der Waals surface area contributed by atoms with Gasteiger partial charge in [0.15, 0.2) is 11.5 Å². The smallest absolute Gasteiger partial charge is 0.242 e. The molecule has 0 saturated carbocycles. The lowest BCUT2D eigenvalue weighted by Crippen LogP contribution is -1.94. The Labute approximate surface area is 122 Å². The van der Waals surface area contributed by atoms with Gasteiger partial charge in [-0.15, -0.1) is 0 Å². The molecule has 0 atom stereocenters. The van der Waals surface area contributed by atoms with Crippen LogP contribution in [0.5, 0.6) is 17.4 Å². The van der Waals surface area contributed by atoms with Gasteiger partial charge in [-0.2, -0.15) is 4.98 Å². The highest BCUT2D eigenvalue weighted by Gasteiger charge is 2.11. The van der Waals surface area contributed by atoms with Gasteiger partial charge in [-0.25, -0.2) is 4.98 Å². The number of hydrogen-bond acceptors (Lipinski definition) is 4. The Balaban J connectivity index is 2.30. The fourth-order valence-electron chi connectivity index (χ4n) is 1.31. The van der Waals surface area contributed by atoms with Crippen molar-refractivity contribution in [2.75, 3.05) is 13.3 Å². The van der Waals surface area contributed by atoms with Crippen LogP contribution in [0.25, 0.3) is 0 Å². The molecule has 0 aliphatic rings. The zero-order valence-corrected chi connectivity index (χ0v) is 12.7. The third-order valence-corrected chi connectivity index (χ3v) is 3.02. The average Bonchev–Trinajstić information content (AvgIpc) is 2.35. The summed E-state index contributed by atoms with van der Waals surface area (Å²) in [6.07, 6.45) is 1.39. The summed E-state index contributed by atoms with van der Waals surface area (Å²) in [6, 6.07) is 7.32. The third kappa shape index (κ3) is 3.93. The normalized spacial score (nSPS) is 10.6. The number of hydrogen-bond donors (Lipinski definition) is 0. The number of aromatic nitrogens is 2. The van der Waals surface area contributed by atoms with Crippen molar-refractivity contribution in [2.24, 2.45) is 0 Å². The van der Waals surface area contributed by atoms with E-state index in [1.165, 1.54) is 6.20 Å². The van der Waals surface area contributed by atoms with Crippen molar-refractivity contribution in [1.29, 1.82) is 0 Å². The Morgan fingerprint density at radius 2 is 1.79 bits per heavy atom. The van der Waals surface area contributed by atoms with Gasteiger partial charge in [0.25, 0.3) is 0 Å². The van der Waals surface area contributed by atoms with Crippen molar-refractivity contribution >= 4 is 31.4 Å². The molecule has 0 spiro atoms. The van der Waals surface area contributed by atoms with Gasteiger partial charge in [0.2, 0.25) is 11.2 Å². The van der Waals surface area contributed by atoms with E-state index >= 15 is 0 Å². The lowest BCUT2D eigenvalue weighted by molar-refractivity contribution is 0.439. The molecule has 1 heterocycles. The second-order valence-corrected chi connectivity index (χ2v) is 6.30. The highest BCUT2D eigenvalue weighted by Crippen LogP contribution is 2.39. The molecular formula is C12H11Cl2N2O2P. The summed E-state index contributed by atoms with van der Waals surface area (Å²) in [5.74, 6) is 1.38. The molecule has 4 nitrogen and oxygen atoms in total. The topological polar surface area (TPSA) is 44.2 Å². The van der Waals surface area contributed by atoms with E-state index < -0.39 is 8.15 Å². The highest BCUT2D eigenvalue weighted by molar-refractivity contribution is 7.51. The van der Waals surface area contributed by atoms with Gasteiger partial charge < -0.3 is 9.26 Å². The molecule has 0 N–H and O–H groups in total. The second-order valence-electron chi connectivity index (χ2n) is 3.74. The predicted octanol–water partition coefficient (Wildman–Crippen LogP) is 4.61. The molecule has 19 heavy (non-hydrogen) atoms. The lowest BCUT2D eigenvalue weighted by atomic mass is 10.3. The van der Waals surface area contributed by atoms with Crippen molar-refractivity contribution in [3.05, 3.63) is 40.8 Å². The van der Waals surface area contributed by atoms with E-state index in [0.717, 1.165) is 0 Å². The Hall–Kier alpha value is -1.09. The van der Waals surface area contributed by atoms with E-state index in [9.17, 15) is 0 Å². The van der Waals surface area contributed by atoms with E-state index in [2.05, 4.69) is 9.97 Å². The minimum atomic E-state index is -0.553. The Kier molecular flexibility index (Phi) is 4.81. The van der Waals surface area contributed by atoms with Crippen LogP contribution < -0.4 is 9.26 Å². The van der Waals surface area contributed by atoms with Crippen LogP contribution in [0.2, 0.25) is 10.3 Å². The van der Waals surface area contributed by atoms with E-state index in [0.29, 0.717) is 11.5 Å². The first-order valence-corrected chi connectivity index (χ1v) is 8.27. The molecule has 0 radical (unpaired) electrons. The highest BCUT2D eigenvalue weighted by atomic mass is 35.5. The molecule has 0 amide bonds. The Morgan fingerprint density at radius 3 is 2.47 bits per heavy atom. The molecule has 0 saturated heterocycles. The predicted molar refractivity (Wildman–Crippen MR) is 78.0 cm³/mol. The van der Waals surface area contributed by atoms with Crippen molar-refractivity contribution in [3.63, 3.8) is 0 Å². The van der Waals surface area contributed by atoms with Crippen molar-refractivity contribution in [1.82, 2.24) is 9.97 Å². The Morgan fingerprint density at radius 1 is 1.11 bits per heavy atom. The third-order valence-electron chi connectivity index (χ3n) is 2.02. The molecule has 0 unspecified atom stereocenters. The molecule has 7 heteroatoms. The van der Waals surface area contributed by atoms with Crippen LogP contribution in [0, 0.1) is 0 Å². The number of rotatable bonds is 4. The number of ether oxygens (including phenoxy) is 1. The van der Waals surface area contributed by atoms with Crippen LogP contribution in [-0.2, 0) is 0 Å². The molecule has 2 aromatic rings. The van der Waals surface area contributed by atoms with E-state index in [-0.39, 0.29) is 16.2 Å². The van der Waals surface area contributed by atoms with Crippen LogP contribution in [0.4, 0.5) is 0 Å².